The van der Waals surface area contributed by atoms with Crippen molar-refractivity contribution in [1.29, 1.82) is 0 Å². The molecule has 0 aromatic heterocycles. The van der Waals surface area contributed by atoms with Crippen LogP contribution in [0.25, 0.3) is 6.08 Å². The predicted molar refractivity (Wildman–Crippen MR) is 49.8 cm³/mol. The Kier molecular flexibility index (Phi) is 2.98. The van der Waals surface area contributed by atoms with Gasteiger partial charge in [-0.2, -0.15) is 0 Å². The molecule has 0 aliphatic heterocycles. The van der Waals surface area contributed by atoms with Crippen molar-refractivity contribution in [2.24, 2.45) is 0 Å². The van der Waals surface area contributed by atoms with E-state index in [4.69, 9.17) is 23.2 Å². The quantitative estimate of drug-likeness (QED) is 0.625. The van der Waals surface area contributed by atoms with Gasteiger partial charge in [0.15, 0.2) is 0 Å². The maximum atomic E-state index is 5.85. The number of hydrogen-bond donors (Lipinski definition) is 0. The Bertz CT molecular complexity index is 277. The van der Waals surface area contributed by atoms with Gasteiger partial charge >= 0.3 is 0 Å². The van der Waals surface area contributed by atoms with Crippen molar-refractivity contribution in [3.8, 4) is 0 Å². The maximum Gasteiger partial charge on any atom is 0.0479 e. The van der Waals surface area contributed by atoms with E-state index in [1.165, 1.54) is 0 Å². The van der Waals surface area contributed by atoms with E-state index in [9.17, 15) is 0 Å². The molecule has 0 unspecified atom stereocenters. The third kappa shape index (κ3) is 2.25. The van der Waals surface area contributed by atoms with Gasteiger partial charge in [-0.1, -0.05) is 29.3 Å². The number of allylic oxidation sites excluding steroid dienone is 1. The van der Waals surface area contributed by atoms with Crippen molar-refractivity contribution in [2.45, 2.75) is 6.92 Å². The average Bonchev–Trinajstić information content (AvgIpc) is 1.98. The summed E-state index contributed by atoms with van der Waals surface area (Å²) >= 11 is 11.6. The molecule has 0 atom stereocenters. The summed E-state index contributed by atoms with van der Waals surface area (Å²) in [4.78, 5) is 0. The predicted octanol–water partition coefficient (Wildman–Crippen LogP) is 3.83. The molecule has 0 N–H and O–H groups in total. The second-order valence-corrected chi connectivity index (χ2v) is 2.94. The fourth-order valence-electron chi connectivity index (χ4n) is 0.781. The molecule has 0 spiro atoms. The fraction of sp³-hybridized carbons (Fsp3) is 0.111. The van der Waals surface area contributed by atoms with Crippen molar-refractivity contribution in [3.63, 3.8) is 0 Å². The SMILES string of the molecule is C[C]=Cc1cc(Cl)ccc1Cl. The summed E-state index contributed by atoms with van der Waals surface area (Å²) in [6.07, 6.45) is 4.68. The summed E-state index contributed by atoms with van der Waals surface area (Å²) in [7, 11) is 0. The van der Waals surface area contributed by atoms with E-state index < -0.39 is 0 Å². The molecule has 11 heavy (non-hydrogen) atoms. The Hall–Kier alpha value is -0.460. The lowest BCUT2D eigenvalue weighted by molar-refractivity contribution is 1.62. The molecule has 0 nitrogen and oxygen atoms in total. The molecule has 1 aromatic rings. The first-order valence-electron chi connectivity index (χ1n) is 3.19. The number of hydrogen-bond acceptors (Lipinski definition) is 0. The topological polar surface area (TPSA) is 0 Å². The summed E-state index contributed by atoms with van der Waals surface area (Å²) < 4.78 is 0. The fourth-order valence-corrected chi connectivity index (χ4v) is 1.13. The highest BCUT2D eigenvalue weighted by Crippen LogP contribution is 2.21. The number of rotatable bonds is 1. The normalized spacial score (nSPS) is 10.8. The first-order valence-corrected chi connectivity index (χ1v) is 3.95. The van der Waals surface area contributed by atoms with Gasteiger partial charge in [-0.3, -0.25) is 0 Å². The molecule has 0 bridgehead atoms. The molecule has 57 valence electrons. The molecule has 1 radical (unpaired) electrons. The minimum absolute atomic E-state index is 0.691. The van der Waals surface area contributed by atoms with Gasteiger partial charge in [0.05, 0.1) is 0 Å². The summed E-state index contributed by atoms with van der Waals surface area (Å²) in [5.41, 5.74) is 0.904. The van der Waals surface area contributed by atoms with E-state index in [1.54, 1.807) is 24.3 Å². The molecular weight excluding hydrogens is 179 g/mol. The van der Waals surface area contributed by atoms with Crippen molar-refractivity contribution >= 4 is 29.3 Å². The lowest BCUT2D eigenvalue weighted by atomic mass is 10.2. The largest absolute Gasteiger partial charge is 0.0843 e. The van der Waals surface area contributed by atoms with E-state index in [-0.39, 0.29) is 0 Å². The number of halogens is 2. The Morgan fingerprint density at radius 2 is 2.09 bits per heavy atom. The first-order chi connectivity index (χ1) is 5.24. The smallest absolute Gasteiger partial charge is 0.0479 e. The monoisotopic (exact) mass is 185 g/mol. The average molecular weight is 186 g/mol. The van der Waals surface area contributed by atoms with Crippen molar-refractivity contribution in [3.05, 3.63) is 39.9 Å². The molecule has 0 saturated heterocycles. The van der Waals surface area contributed by atoms with Crippen LogP contribution in [-0.2, 0) is 0 Å². The van der Waals surface area contributed by atoms with E-state index >= 15 is 0 Å². The molecule has 0 fully saturated rings. The Balaban J connectivity index is 3.12. The van der Waals surface area contributed by atoms with Crippen LogP contribution in [0.15, 0.2) is 18.2 Å². The second-order valence-electron chi connectivity index (χ2n) is 2.10. The van der Waals surface area contributed by atoms with Crippen LogP contribution >= 0.6 is 23.2 Å². The highest BCUT2D eigenvalue weighted by molar-refractivity contribution is 6.34. The molecule has 0 aliphatic rings. The van der Waals surface area contributed by atoms with Gasteiger partial charge < -0.3 is 0 Å². The molecule has 1 aromatic carbocycles. The van der Waals surface area contributed by atoms with Crippen molar-refractivity contribution < 1.29 is 0 Å². The van der Waals surface area contributed by atoms with Crippen molar-refractivity contribution in [2.75, 3.05) is 0 Å². The Morgan fingerprint density at radius 1 is 1.36 bits per heavy atom. The lowest BCUT2D eigenvalue weighted by Gasteiger charge is -1.96. The maximum absolute atomic E-state index is 5.85. The van der Waals surface area contributed by atoms with Crippen molar-refractivity contribution in [1.82, 2.24) is 0 Å². The third-order valence-electron chi connectivity index (χ3n) is 1.26. The Morgan fingerprint density at radius 3 is 2.73 bits per heavy atom. The van der Waals surface area contributed by atoms with Gasteiger partial charge in [-0.05, 0) is 36.8 Å². The molecule has 2 heteroatoms. The zero-order chi connectivity index (χ0) is 8.27. The zero-order valence-electron chi connectivity index (χ0n) is 6.07. The summed E-state index contributed by atoms with van der Waals surface area (Å²) in [6.45, 7) is 1.82. The van der Waals surface area contributed by atoms with E-state index in [1.807, 2.05) is 6.92 Å². The standard InChI is InChI=1S/C9H7Cl2/c1-2-3-7-6-8(10)4-5-9(7)11/h3-6H,1H3. The van der Waals surface area contributed by atoms with Gasteiger partial charge in [0.1, 0.15) is 0 Å². The number of benzene rings is 1. The van der Waals surface area contributed by atoms with E-state index in [0.29, 0.717) is 10.0 Å². The summed E-state index contributed by atoms with van der Waals surface area (Å²) in [5, 5.41) is 1.39. The second kappa shape index (κ2) is 3.80. The highest BCUT2D eigenvalue weighted by Gasteiger charge is 1.95. The van der Waals surface area contributed by atoms with Crippen LogP contribution in [0.3, 0.4) is 0 Å². The van der Waals surface area contributed by atoms with Gasteiger partial charge in [0.2, 0.25) is 0 Å². The summed E-state index contributed by atoms with van der Waals surface area (Å²) in [5.74, 6) is 0. The van der Waals surface area contributed by atoms with Gasteiger partial charge in [0.25, 0.3) is 0 Å². The summed E-state index contributed by atoms with van der Waals surface area (Å²) in [6, 6.07) is 5.34. The molecule has 0 aliphatic carbocycles. The van der Waals surface area contributed by atoms with Crippen LogP contribution in [0.5, 0.6) is 0 Å². The molecule has 0 saturated carbocycles. The lowest BCUT2D eigenvalue weighted by Crippen LogP contribution is -1.73. The molecule has 1 rings (SSSR count). The van der Waals surface area contributed by atoms with Crippen LogP contribution < -0.4 is 0 Å². The first kappa shape index (κ1) is 8.63. The van der Waals surface area contributed by atoms with Gasteiger partial charge in [-0.25, -0.2) is 0 Å². The molecule has 0 heterocycles. The Labute approximate surface area is 76.4 Å². The van der Waals surface area contributed by atoms with Crippen LogP contribution in [0, 0.1) is 6.08 Å². The third-order valence-corrected chi connectivity index (χ3v) is 1.84. The minimum Gasteiger partial charge on any atom is -0.0843 e. The zero-order valence-corrected chi connectivity index (χ0v) is 7.58. The van der Waals surface area contributed by atoms with E-state index in [2.05, 4.69) is 6.08 Å². The van der Waals surface area contributed by atoms with Crippen LogP contribution in [-0.4, -0.2) is 0 Å². The van der Waals surface area contributed by atoms with Crippen LogP contribution in [0.4, 0.5) is 0 Å². The van der Waals surface area contributed by atoms with Gasteiger partial charge in [-0.15, -0.1) is 0 Å². The van der Waals surface area contributed by atoms with Crippen LogP contribution in [0.2, 0.25) is 10.0 Å². The van der Waals surface area contributed by atoms with Crippen LogP contribution in [0.1, 0.15) is 12.5 Å². The highest BCUT2D eigenvalue weighted by atomic mass is 35.5. The molecular formula is C9H7Cl2. The van der Waals surface area contributed by atoms with E-state index in [0.717, 1.165) is 5.56 Å². The van der Waals surface area contributed by atoms with Gasteiger partial charge in [0, 0.05) is 10.0 Å². The minimum atomic E-state index is 0.691. The molecule has 0 amide bonds.